The molecule has 0 aromatic heterocycles. The van der Waals surface area contributed by atoms with Crippen LogP contribution in [0.15, 0.2) is 83.8 Å². The molecule has 12 heteroatoms. The molecule has 0 aliphatic carbocycles. The maximum Gasteiger partial charge on any atom is 0.407 e. The molecule has 3 aromatic rings. The highest BCUT2D eigenvalue weighted by atomic mass is 35.5. The largest absolute Gasteiger partial charge is 0.480 e. The van der Waals surface area contributed by atoms with Crippen LogP contribution >= 0.6 is 11.6 Å². The van der Waals surface area contributed by atoms with Gasteiger partial charge >= 0.3 is 12.1 Å². The molecule has 0 saturated carbocycles. The third-order valence-corrected chi connectivity index (χ3v) is 8.15. The number of benzene rings is 3. The summed E-state index contributed by atoms with van der Waals surface area (Å²) >= 11 is 6.13. The quantitative estimate of drug-likeness (QED) is 0.241. The first-order valence-corrected chi connectivity index (χ1v) is 15.0. The molecule has 1 atom stereocenters. The van der Waals surface area contributed by atoms with E-state index in [1.165, 1.54) is 42.5 Å². The fourth-order valence-electron chi connectivity index (χ4n) is 4.13. The highest BCUT2D eigenvalue weighted by Crippen LogP contribution is 2.35. The molecule has 0 saturated heterocycles. The second kappa shape index (κ2) is 14.2. The number of carbonyl (C=O) groups is 3. The predicted octanol–water partition coefficient (Wildman–Crippen LogP) is 5.08. The van der Waals surface area contributed by atoms with Crippen molar-refractivity contribution < 1.29 is 32.6 Å². The summed E-state index contributed by atoms with van der Waals surface area (Å²) in [5, 5.41) is 15.6. The van der Waals surface area contributed by atoms with Gasteiger partial charge in [-0.15, -0.1) is 0 Å². The van der Waals surface area contributed by atoms with E-state index < -0.39 is 39.4 Å². The van der Waals surface area contributed by atoms with E-state index in [1.807, 2.05) is 30.3 Å². The minimum Gasteiger partial charge on any atom is -0.480 e. The number of aliphatic carboxylic acids is 1. The third-order valence-electron chi connectivity index (χ3n) is 6.13. The molecule has 10 nitrogen and oxygen atoms in total. The number of carboxylic acids is 1. The van der Waals surface area contributed by atoms with Crippen LogP contribution in [-0.2, 0) is 26.2 Å². The van der Waals surface area contributed by atoms with Gasteiger partial charge in [0.2, 0.25) is 0 Å². The van der Waals surface area contributed by atoms with Gasteiger partial charge in [0.15, 0.2) is 0 Å². The lowest BCUT2D eigenvalue weighted by molar-refractivity contribution is -0.140. The number of rotatable bonds is 12. The first-order valence-electron chi connectivity index (χ1n) is 13.2. The molecule has 224 valence electrons. The molecule has 1 unspecified atom stereocenters. The van der Waals surface area contributed by atoms with Crippen LogP contribution in [0.2, 0.25) is 5.02 Å². The maximum absolute atomic E-state index is 14.0. The lowest BCUT2D eigenvalue weighted by atomic mass is 9.86. The highest BCUT2D eigenvalue weighted by Gasteiger charge is 2.43. The normalized spacial score (nSPS) is 12.2. The average molecular weight is 616 g/mol. The van der Waals surface area contributed by atoms with E-state index in [4.69, 9.17) is 16.3 Å². The molecule has 0 aliphatic rings. The number of hydrogen-bond donors (Lipinski definition) is 3. The molecule has 3 aromatic carbocycles. The first kappa shape index (κ1) is 32.4. The van der Waals surface area contributed by atoms with Gasteiger partial charge in [-0.25, -0.2) is 18.0 Å². The van der Waals surface area contributed by atoms with E-state index in [2.05, 4.69) is 10.6 Å². The molecule has 0 heterocycles. The lowest BCUT2D eigenvalue weighted by Gasteiger charge is -2.37. The lowest BCUT2D eigenvalue weighted by Crippen LogP contribution is -2.52. The van der Waals surface area contributed by atoms with Crippen molar-refractivity contribution in [1.82, 2.24) is 10.6 Å². The Hall–Kier alpha value is -4.09. The topological polar surface area (TPSA) is 142 Å². The van der Waals surface area contributed by atoms with Crippen LogP contribution in [0.25, 0.3) is 0 Å². The van der Waals surface area contributed by atoms with Crippen LogP contribution in [0, 0.1) is 5.41 Å². The minimum absolute atomic E-state index is 0.0694. The number of anilines is 1. The van der Waals surface area contributed by atoms with Gasteiger partial charge in [0, 0.05) is 23.7 Å². The van der Waals surface area contributed by atoms with Gasteiger partial charge in [-0.1, -0.05) is 74.8 Å². The van der Waals surface area contributed by atoms with Crippen LogP contribution in [-0.4, -0.2) is 50.6 Å². The standard InChI is InChI=1S/C30H34ClN3O7S/c1-30(2,3)26(28(36)37)34(24-14-8-13-23(31)19-24)42(39,40)25-15-7-12-22(18-25)27(35)32-16-9-17-33-29(38)41-20-21-10-5-4-6-11-21/h4-8,10-15,18-19,26H,9,16-17,20H2,1-3H3,(H,32,35)(H,33,38)(H,36,37). The Morgan fingerprint density at radius 2 is 1.60 bits per heavy atom. The zero-order valence-electron chi connectivity index (χ0n) is 23.5. The number of ether oxygens (including phenoxy) is 1. The van der Waals surface area contributed by atoms with E-state index in [0.29, 0.717) is 6.42 Å². The van der Waals surface area contributed by atoms with Crippen molar-refractivity contribution in [3.8, 4) is 0 Å². The van der Waals surface area contributed by atoms with Crippen LogP contribution in [0.5, 0.6) is 0 Å². The van der Waals surface area contributed by atoms with Gasteiger partial charge in [0.1, 0.15) is 12.6 Å². The number of hydrogen-bond acceptors (Lipinski definition) is 6. The summed E-state index contributed by atoms with van der Waals surface area (Å²) in [6.45, 7) is 5.47. The Morgan fingerprint density at radius 3 is 2.24 bits per heavy atom. The fraction of sp³-hybridized carbons (Fsp3) is 0.300. The summed E-state index contributed by atoms with van der Waals surface area (Å²) in [4.78, 5) is 36.8. The summed E-state index contributed by atoms with van der Waals surface area (Å²) in [6.07, 6.45) is -0.180. The Bertz CT molecular complexity index is 1510. The zero-order chi connectivity index (χ0) is 30.9. The monoisotopic (exact) mass is 615 g/mol. The molecule has 3 rings (SSSR count). The van der Waals surface area contributed by atoms with Crippen molar-refractivity contribution in [3.05, 3.63) is 95.0 Å². The molecule has 42 heavy (non-hydrogen) atoms. The van der Waals surface area contributed by atoms with Gasteiger partial charge in [0.05, 0.1) is 10.6 Å². The molecule has 0 aliphatic heterocycles. The summed E-state index contributed by atoms with van der Waals surface area (Å²) in [6, 6.07) is 19.0. The number of nitrogens with one attached hydrogen (secondary N) is 2. The fourth-order valence-corrected chi connectivity index (χ4v) is 6.14. The molecule has 0 radical (unpaired) electrons. The third kappa shape index (κ3) is 8.70. The molecular weight excluding hydrogens is 582 g/mol. The second-order valence-electron chi connectivity index (χ2n) is 10.5. The van der Waals surface area contributed by atoms with Crippen molar-refractivity contribution in [2.24, 2.45) is 5.41 Å². The van der Waals surface area contributed by atoms with Gasteiger partial charge in [-0.05, 0) is 53.8 Å². The van der Waals surface area contributed by atoms with Crippen LogP contribution in [0.4, 0.5) is 10.5 Å². The average Bonchev–Trinajstić information content (AvgIpc) is 2.94. The van der Waals surface area contributed by atoms with Gasteiger partial charge in [0.25, 0.3) is 15.9 Å². The Labute approximate surface area is 250 Å². The zero-order valence-corrected chi connectivity index (χ0v) is 25.1. The van der Waals surface area contributed by atoms with Crippen LogP contribution < -0.4 is 14.9 Å². The van der Waals surface area contributed by atoms with Crippen LogP contribution in [0.3, 0.4) is 0 Å². The Balaban J connectivity index is 1.68. The van der Waals surface area contributed by atoms with Crippen molar-refractivity contribution >= 4 is 45.3 Å². The summed E-state index contributed by atoms with van der Waals surface area (Å²) in [5.41, 5.74) is 0.00396. The Kier molecular flexibility index (Phi) is 11.0. The Morgan fingerprint density at radius 1 is 0.929 bits per heavy atom. The van der Waals surface area contributed by atoms with E-state index in [0.717, 1.165) is 9.87 Å². The van der Waals surface area contributed by atoms with Crippen molar-refractivity contribution in [3.63, 3.8) is 0 Å². The van der Waals surface area contributed by atoms with Crippen molar-refractivity contribution in [2.45, 2.75) is 44.7 Å². The van der Waals surface area contributed by atoms with E-state index in [9.17, 15) is 27.9 Å². The molecule has 0 fully saturated rings. The van der Waals surface area contributed by atoms with Gasteiger partial charge in [-0.3, -0.25) is 9.10 Å². The number of carbonyl (C=O) groups excluding carboxylic acids is 2. The number of carboxylic acid groups (broad SMARTS) is 1. The van der Waals surface area contributed by atoms with Crippen molar-refractivity contribution in [1.29, 1.82) is 0 Å². The first-order chi connectivity index (χ1) is 19.8. The highest BCUT2D eigenvalue weighted by molar-refractivity contribution is 7.93. The van der Waals surface area contributed by atoms with E-state index in [-0.39, 0.29) is 40.9 Å². The van der Waals surface area contributed by atoms with Crippen LogP contribution in [0.1, 0.15) is 43.1 Å². The SMILES string of the molecule is CC(C)(C)C(C(=O)O)N(c1cccc(Cl)c1)S(=O)(=O)c1cccc(C(=O)NCCCNC(=O)OCc2ccccc2)c1. The number of nitrogens with zero attached hydrogens (tertiary/aromatic N) is 1. The number of sulfonamides is 1. The molecule has 0 bridgehead atoms. The van der Waals surface area contributed by atoms with Gasteiger partial charge < -0.3 is 20.5 Å². The second-order valence-corrected chi connectivity index (χ2v) is 12.8. The number of amides is 2. The molecular formula is C30H34ClN3O7S. The smallest absolute Gasteiger partial charge is 0.407 e. The summed E-state index contributed by atoms with van der Waals surface area (Å²) < 4.78 is 33.9. The predicted molar refractivity (Wildman–Crippen MR) is 160 cm³/mol. The minimum atomic E-state index is -4.47. The summed E-state index contributed by atoms with van der Waals surface area (Å²) in [5.74, 6) is -1.86. The van der Waals surface area contributed by atoms with Crippen molar-refractivity contribution in [2.75, 3.05) is 17.4 Å². The van der Waals surface area contributed by atoms with E-state index >= 15 is 0 Å². The summed E-state index contributed by atoms with van der Waals surface area (Å²) in [7, 11) is -4.47. The van der Waals surface area contributed by atoms with E-state index in [1.54, 1.807) is 26.8 Å². The number of alkyl carbamates (subject to hydrolysis) is 1. The molecule has 0 spiro atoms. The molecule has 3 N–H and O–H groups in total. The van der Waals surface area contributed by atoms with Gasteiger partial charge in [-0.2, -0.15) is 0 Å². The number of halogens is 1. The molecule has 2 amide bonds. The maximum atomic E-state index is 14.0.